The molecule has 3 aromatic rings. The second-order valence-corrected chi connectivity index (χ2v) is 4.73. The lowest BCUT2D eigenvalue weighted by molar-refractivity contribution is 0.0691. The van der Waals surface area contributed by atoms with E-state index in [-0.39, 0.29) is 5.69 Å². The third-order valence-corrected chi connectivity index (χ3v) is 3.57. The van der Waals surface area contributed by atoms with E-state index in [9.17, 15) is 4.79 Å². The van der Waals surface area contributed by atoms with Crippen LogP contribution in [0.4, 0.5) is 0 Å². The Labute approximate surface area is 107 Å². The average Bonchev–Trinajstić information content (AvgIpc) is 2.91. The van der Waals surface area contributed by atoms with Crippen LogP contribution >= 0.6 is 11.3 Å². The molecule has 0 amide bonds. The molecule has 0 bridgehead atoms. The van der Waals surface area contributed by atoms with E-state index in [0.717, 1.165) is 22.3 Å². The van der Waals surface area contributed by atoms with E-state index in [1.54, 1.807) is 5.38 Å². The number of furan rings is 1. The number of para-hydroxylation sites is 1. The minimum Gasteiger partial charge on any atom is -0.476 e. The monoisotopic (exact) mass is 259 g/mol. The molecule has 0 spiro atoms. The van der Waals surface area contributed by atoms with E-state index in [4.69, 9.17) is 9.52 Å². The number of hydrogen-bond acceptors (Lipinski definition) is 4. The van der Waals surface area contributed by atoms with E-state index in [2.05, 4.69) is 4.98 Å². The number of benzene rings is 1. The number of carboxylic acid groups (broad SMARTS) is 1. The highest BCUT2D eigenvalue weighted by molar-refractivity contribution is 7.13. The molecule has 1 aromatic carbocycles. The Morgan fingerprint density at radius 2 is 2.17 bits per heavy atom. The Morgan fingerprint density at radius 1 is 1.39 bits per heavy atom. The molecule has 0 saturated carbocycles. The first kappa shape index (κ1) is 11.0. The van der Waals surface area contributed by atoms with Gasteiger partial charge < -0.3 is 9.52 Å². The summed E-state index contributed by atoms with van der Waals surface area (Å²) in [5.74, 6) is -0.259. The Hall–Kier alpha value is -2.14. The zero-order valence-corrected chi connectivity index (χ0v) is 10.3. The summed E-state index contributed by atoms with van der Waals surface area (Å²) in [5, 5.41) is 12.1. The number of thiazole rings is 1. The SMILES string of the molecule is Cc1oc2ccccc2c1-c1nc(C(=O)O)cs1. The summed E-state index contributed by atoms with van der Waals surface area (Å²) in [6, 6.07) is 7.66. The zero-order chi connectivity index (χ0) is 12.7. The predicted molar refractivity (Wildman–Crippen MR) is 69.0 cm³/mol. The summed E-state index contributed by atoms with van der Waals surface area (Å²) in [6.45, 7) is 1.86. The molecule has 1 N–H and O–H groups in total. The first-order valence-corrected chi connectivity index (χ1v) is 6.22. The van der Waals surface area contributed by atoms with Gasteiger partial charge in [0.1, 0.15) is 16.4 Å². The molecule has 5 heteroatoms. The van der Waals surface area contributed by atoms with Gasteiger partial charge in [0, 0.05) is 10.8 Å². The topological polar surface area (TPSA) is 63.3 Å². The minimum absolute atomic E-state index is 0.0691. The van der Waals surface area contributed by atoms with Crippen LogP contribution in [0, 0.1) is 6.92 Å². The Kier molecular flexibility index (Phi) is 2.41. The van der Waals surface area contributed by atoms with Crippen LogP contribution in [0.15, 0.2) is 34.1 Å². The van der Waals surface area contributed by atoms with Crippen LogP contribution in [0.25, 0.3) is 21.5 Å². The van der Waals surface area contributed by atoms with Crippen LogP contribution < -0.4 is 0 Å². The van der Waals surface area contributed by atoms with Crippen molar-refractivity contribution in [2.24, 2.45) is 0 Å². The number of carboxylic acids is 1. The van der Waals surface area contributed by atoms with Crippen LogP contribution in [0.1, 0.15) is 16.2 Å². The average molecular weight is 259 g/mol. The van der Waals surface area contributed by atoms with Crippen molar-refractivity contribution in [2.75, 3.05) is 0 Å². The van der Waals surface area contributed by atoms with Crippen molar-refractivity contribution in [2.45, 2.75) is 6.92 Å². The normalized spacial score (nSPS) is 10.9. The van der Waals surface area contributed by atoms with Gasteiger partial charge in [0.2, 0.25) is 0 Å². The highest BCUT2D eigenvalue weighted by Gasteiger charge is 2.17. The molecule has 2 heterocycles. The van der Waals surface area contributed by atoms with Gasteiger partial charge in [-0.15, -0.1) is 11.3 Å². The van der Waals surface area contributed by atoms with Gasteiger partial charge in [-0.05, 0) is 13.0 Å². The maximum atomic E-state index is 10.9. The molecule has 3 rings (SSSR count). The third kappa shape index (κ3) is 1.60. The first-order valence-electron chi connectivity index (χ1n) is 5.34. The van der Waals surface area contributed by atoms with Crippen LogP contribution in [0.2, 0.25) is 0 Å². The fraction of sp³-hybridized carbons (Fsp3) is 0.0769. The van der Waals surface area contributed by atoms with Crippen molar-refractivity contribution in [1.82, 2.24) is 4.98 Å². The maximum absolute atomic E-state index is 10.9. The highest BCUT2D eigenvalue weighted by atomic mass is 32.1. The van der Waals surface area contributed by atoms with Gasteiger partial charge in [0.05, 0.1) is 5.56 Å². The number of aromatic carboxylic acids is 1. The van der Waals surface area contributed by atoms with Gasteiger partial charge in [-0.25, -0.2) is 9.78 Å². The summed E-state index contributed by atoms with van der Waals surface area (Å²) < 4.78 is 5.64. The van der Waals surface area contributed by atoms with Gasteiger partial charge in [0.15, 0.2) is 5.69 Å². The number of hydrogen-bond donors (Lipinski definition) is 1. The Morgan fingerprint density at radius 3 is 2.89 bits per heavy atom. The number of rotatable bonds is 2. The van der Waals surface area contributed by atoms with Gasteiger partial charge in [-0.1, -0.05) is 18.2 Å². The van der Waals surface area contributed by atoms with Gasteiger partial charge in [0.25, 0.3) is 0 Å². The van der Waals surface area contributed by atoms with Gasteiger partial charge in [-0.2, -0.15) is 0 Å². The predicted octanol–water partition coefficient (Wildman–Crippen LogP) is 3.56. The molecule has 0 aliphatic heterocycles. The molecule has 0 unspecified atom stereocenters. The molecule has 0 aliphatic carbocycles. The van der Waals surface area contributed by atoms with Crippen molar-refractivity contribution in [1.29, 1.82) is 0 Å². The van der Waals surface area contributed by atoms with Crippen LogP contribution in [0.3, 0.4) is 0 Å². The van der Waals surface area contributed by atoms with E-state index in [1.807, 2.05) is 31.2 Å². The molecule has 4 nitrogen and oxygen atoms in total. The maximum Gasteiger partial charge on any atom is 0.355 e. The summed E-state index contributed by atoms with van der Waals surface area (Å²) >= 11 is 1.31. The molecule has 2 aromatic heterocycles. The second kappa shape index (κ2) is 3.96. The molecule has 0 fully saturated rings. The number of fused-ring (bicyclic) bond motifs is 1. The molecule has 0 atom stereocenters. The number of aryl methyl sites for hydroxylation is 1. The van der Waals surface area contributed by atoms with E-state index in [0.29, 0.717) is 5.01 Å². The summed E-state index contributed by atoms with van der Waals surface area (Å²) in [6.07, 6.45) is 0. The standard InChI is InChI=1S/C13H9NO3S/c1-7-11(8-4-2-3-5-10(8)17-7)12-14-9(6-18-12)13(15)16/h2-6H,1H3,(H,15,16). The number of carbonyl (C=O) groups is 1. The Balaban J connectivity index is 2.24. The fourth-order valence-corrected chi connectivity index (χ4v) is 2.82. The summed E-state index contributed by atoms with van der Waals surface area (Å²) in [7, 11) is 0. The number of aromatic nitrogens is 1. The first-order chi connectivity index (χ1) is 8.66. The van der Waals surface area contributed by atoms with Crippen molar-refractivity contribution >= 4 is 28.3 Å². The van der Waals surface area contributed by atoms with Crippen LogP contribution in [0.5, 0.6) is 0 Å². The quantitative estimate of drug-likeness (QED) is 0.764. The highest BCUT2D eigenvalue weighted by Crippen LogP contribution is 2.35. The number of nitrogens with zero attached hydrogens (tertiary/aromatic N) is 1. The second-order valence-electron chi connectivity index (χ2n) is 3.87. The summed E-state index contributed by atoms with van der Waals surface area (Å²) in [5.41, 5.74) is 1.74. The molecular weight excluding hydrogens is 250 g/mol. The van der Waals surface area contributed by atoms with Crippen molar-refractivity contribution in [3.8, 4) is 10.6 Å². The lowest BCUT2D eigenvalue weighted by atomic mass is 10.1. The minimum atomic E-state index is -1.01. The van der Waals surface area contributed by atoms with E-state index < -0.39 is 5.97 Å². The van der Waals surface area contributed by atoms with Crippen LogP contribution in [-0.4, -0.2) is 16.1 Å². The van der Waals surface area contributed by atoms with Gasteiger partial charge >= 0.3 is 5.97 Å². The largest absolute Gasteiger partial charge is 0.476 e. The Bertz CT molecular complexity index is 742. The molecule has 90 valence electrons. The van der Waals surface area contributed by atoms with Crippen molar-refractivity contribution in [3.63, 3.8) is 0 Å². The van der Waals surface area contributed by atoms with Gasteiger partial charge in [-0.3, -0.25) is 0 Å². The molecule has 18 heavy (non-hydrogen) atoms. The summed E-state index contributed by atoms with van der Waals surface area (Å²) in [4.78, 5) is 15.0. The lowest BCUT2D eigenvalue weighted by Crippen LogP contribution is -1.95. The molecule has 0 radical (unpaired) electrons. The van der Waals surface area contributed by atoms with Crippen molar-refractivity contribution in [3.05, 3.63) is 41.1 Å². The molecule has 0 aliphatic rings. The zero-order valence-electron chi connectivity index (χ0n) is 9.51. The molecule has 0 saturated heterocycles. The smallest absolute Gasteiger partial charge is 0.355 e. The fourth-order valence-electron chi connectivity index (χ4n) is 1.92. The molecular formula is C13H9NO3S. The third-order valence-electron chi connectivity index (χ3n) is 2.71. The van der Waals surface area contributed by atoms with E-state index in [1.165, 1.54) is 11.3 Å². The van der Waals surface area contributed by atoms with Crippen LogP contribution in [-0.2, 0) is 0 Å². The lowest BCUT2D eigenvalue weighted by Gasteiger charge is -1.93. The van der Waals surface area contributed by atoms with E-state index >= 15 is 0 Å². The van der Waals surface area contributed by atoms with Crippen molar-refractivity contribution < 1.29 is 14.3 Å².